The second-order valence-electron chi connectivity index (χ2n) is 6.78. The third-order valence-electron chi connectivity index (χ3n) is 5.30. The highest BCUT2D eigenvalue weighted by atomic mass is 16.5. The highest BCUT2D eigenvalue weighted by Crippen LogP contribution is 2.43. The molecule has 2 aliphatic rings. The van der Waals surface area contributed by atoms with Crippen LogP contribution in [0, 0.1) is 0 Å². The van der Waals surface area contributed by atoms with Gasteiger partial charge in [-0.3, -0.25) is 4.99 Å². The van der Waals surface area contributed by atoms with E-state index in [1.165, 1.54) is 37.7 Å². The van der Waals surface area contributed by atoms with Gasteiger partial charge in [-0.1, -0.05) is 36.8 Å². The second kappa shape index (κ2) is 7.82. The maximum atomic E-state index is 5.67. The van der Waals surface area contributed by atoms with Gasteiger partial charge in [0, 0.05) is 32.2 Å². The van der Waals surface area contributed by atoms with Crippen molar-refractivity contribution in [3.8, 4) is 0 Å². The molecule has 4 heteroatoms. The average molecular weight is 315 g/mol. The molecule has 1 saturated carbocycles. The molecule has 1 heterocycles. The van der Waals surface area contributed by atoms with Gasteiger partial charge in [0.1, 0.15) is 0 Å². The van der Waals surface area contributed by atoms with Gasteiger partial charge in [-0.05, 0) is 37.7 Å². The largest absolute Gasteiger partial charge is 0.378 e. The van der Waals surface area contributed by atoms with E-state index in [-0.39, 0.29) is 5.41 Å². The van der Waals surface area contributed by atoms with Crippen molar-refractivity contribution < 1.29 is 4.74 Å². The zero-order valence-electron chi connectivity index (χ0n) is 14.2. The van der Waals surface area contributed by atoms with Gasteiger partial charge in [0.25, 0.3) is 0 Å². The van der Waals surface area contributed by atoms with Crippen LogP contribution in [0.25, 0.3) is 0 Å². The molecule has 1 aliphatic heterocycles. The Morgan fingerprint density at radius 3 is 2.65 bits per heavy atom. The van der Waals surface area contributed by atoms with Crippen LogP contribution in [0.2, 0.25) is 0 Å². The van der Waals surface area contributed by atoms with Crippen LogP contribution < -0.4 is 10.6 Å². The molecule has 4 nitrogen and oxygen atoms in total. The molecule has 1 saturated heterocycles. The highest BCUT2D eigenvalue weighted by molar-refractivity contribution is 5.79. The minimum atomic E-state index is 0.285. The molecule has 1 aromatic rings. The molecule has 0 aromatic heterocycles. The number of nitrogens with zero attached hydrogens (tertiary/aromatic N) is 1. The molecule has 3 rings (SSSR count). The van der Waals surface area contributed by atoms with Crippen molar-refractivity contribution in [2.75, 3.05) is 26.7 Å². The minimum Gasteiger partial charge on any atom is -0.378 e. The summed E-state index contributed by atoms with van der Waals surface area (Å²) in [4.78, 5) is 4.36. The molecule has 23 heavy (non-hydrogen) atoms. The van der Waals surface area contributed by atoms with Crippen molar-refractivity contribution in [2.24, 2.45) is 4.99 Å². The van der Waals surface area contributed by atoms with Gasteiger partial charge in [0.2, 0.25) is 0 Å². The van der Waals surface area contributed by atoms with E-state index in [0.717, 1.165) is 32.1 Å². The molecule has 1 aromatic carbocycles. The van der Waals surface area contributed by atoms with Crippen LogP contribution in [-0.4, -0.2) is 38.8 Å². The lowest BCUT2D eigenvalue weighted by Crippen LogP contribution is -2.49. The molecule has 1 aliphatic carbocycles. The molecule has 0 bridgehead atoms. The summed E-state index contributed by atoms with van der Waals surface area (Å²) in [6.07, 6.45) is 7.74. The first-order valence-corrected chi connectivity index (χ1v) is 8.94. The Labute approximate surface area is 139 Å². The number of guanidine groups is 1. The van der Waals surface area contributed by atoms with Crippen molar-refractivity contribution in [1.29, 1.82) is 0 Å². The van der Waals surface area contributed by atoms with Crippen molar-refractivity contribution in [2.45, 2.75) is 50.0 Å². The topological polar surface area (TPSA) is 45.7 Å². The van der Waals surface area contributed by atoms with Crippen molar-refractivity contribution in [1.82, 2.24) is 10.6 Å². The molecular weight excluding hydrogens is 286 g/mol. The maximum absolute atomic E-state index is 5.67. The van der Waals surface area contributed by atoms with Crippen molar-refractivity contribution in [3.05, 3.63) is 35.9 Å². The van der Waals surface area contributed by atoms with E-state index in [2.05, 4.69) is 46.0 Å². The van der Waals surface area contributed by atoms with E-state index in [4.69, 9.17) is 4.74 Å². The molecule has 0 spiro atoms. The average Bonchev–Trinajstić information content (AvgIpc) is 3.06. The van der Waals surface area contributed by atoms with E-state index in [1.807, 2.05) is 7.05 Å². The van der Waals surface area contributed by atoms with Gasteiger partial charge in [-0.2, -0.15) is 0 Å². The third-order valence-corrected chi connectivity index (χ3v) is 5.30. The van der Waals surface area contributed by atoms with Gasteiger partial charge in [-0.25, -0.2) is 0 Å². The molecule has 2 fully saturated rings. The van der Waals surface area contributed by atoms with E-state index in [0.29, 0.717) is 6.10 Å². The smallest absolute Gasteiger partial charge is 0.191 e. The molecular formula is C19H29N3O. The molecule has 0 amide bonds. The third kappa shape index (κ3) is 4.05. The Kier molecular flexibility index (Phi) is 5.55. The summed E-state index contributed by atoms with van der Waals surface area (Å²) < 4.78 is 5.67. The van der Waals surface area contributed by atoms with Gasteiger partial charge >= 0.3 is 0 Å². The van der Waals surface area contributed by atoms with E-state index < -0.39 is 0 Å². The van der Waals surface area contributed by atoms with Crippen molar-refractivity contribution >= 4 is 5.96 Å². The summed E-state index contributed by atoms with van der Waals surface area (Å²) >= 11 is 0. The Balaban J connectivity index is 1.47. The lowest BCUT2D eigenvalue weighted by molar-refractivity contribution is 0.105. The first-order valence-electron chi connectivity index (χ1n) is 8.94. The Hall–Kier alpha value is -1.55. The van der Waals surface area contributed by atoms with Crippen LogP contribution in [-0.2, 0) is 10.2 Å². The number of nitrogens with one attached hydrogen (secondary N) is 2. The number of benzene rings is 1. The minimum absolute atomic E-state index is 0.285. The van der Waals surface area contributed by atoms with Crippen molar-refractivity contribution in [3.63, 3.8) is 0 Å². The van der Waals surface area contributed by atoms with Gasteiger partial charge in [-0.15, -0.1) is 0 Å². The zero-order valence-corrected chi connectivity index (χ0v) is 14.2. The van der Waals surface area contributed by atoms with E-state index in [9.17, 15) is 0 Å². The van der Waals surface area contributed by atoms with Gasteiger partial charge in [0.05, 0.1) is 6.10 Å². The van der Waals surface area contributed by atoms with Gasteiger partial charge < -0.3 is 15.4 Å². The lowest BCUT2D eigenvalue weighted by atomic mass is 9.64. The summed E-state index contributed by atoms with van der Waals surface area (Å²) in [5.41, 5.74) is 1.74. The van der Waals surface area contributed by atoms with Crippen LogP contribution in [0.5, 0.6) is 0 Å². The fraction of sp³-hybridized carbons (Fsp3) is 0.632. The number of hydrogen-bond acceptors (Lipinski definition) is 2. The number of aliphatic imine (C=N–C) groups is 1. The van der Waals surface area contributed by atoms with Crippen LogP contribution in [0.15, 0.2) is 35.3 Å². The SMILES string of the molecule is CN=C(NCCC1CCCO1)NCC1(c2ccccc2)CCC1. The summed E-state index contributed by atoms with van der Waals surface area (Å²) in [6.45, 7) is 2.80. The predicted octanol–water partition coefficient (Wildman–Crippen LogP) is 2.84. The Morgan fingerprint density at radius 2 is 2.04 bits per heavy atom. The summed E-state index contributed by atoms with van der Waals surface area (Å²) in [5, 5.41) is 6.96. The summed E-state index contributed by atoms with van der Waals surface area (Å²) in [7, 11) is 1.84. The number of rotatable bonds is 6. The number of hydrogen-bond donors (Lipinski definition) is 2. The Morgan fingerprint density at radius 1 is 1.22 bits per heavy atom. The second-order valence-corrected chi connectivity index (χ2v) is 6.78. The van der Waals surface area contributed by atoms with Crippen LogP contribution in [0.1, 0.15) is 44.1 Å². The summed E-state index contributed by atoms with van der Waals surface area (Å²) in [6, 6.07) is 10.9. The first kappa shape index (κ1) is 16.3. The van der Waals surface area contributed by atoms with Crippen LogP contribution >= 0.6 is 0 Å². The Bertz CT molecular complexity index is 505. The lowest BCUT2D eigenvalue weighted by Gasteiger charge is -2.43. The molecule has 1 atom stereocenters. The first-order chi connectivity index (χ1) is 11.3. The van der Waals surface area contributed by atoms with Crippen LogP contribution in [0.3, 0.4) is 0 Å². The monoisotopic (exact) mass is 315 g/mol. The molecule has 126 valence electrons. The summed E-state index contributed by atoms with van der Waals surface area (Å²) in [5.74, 6) is 0.908. The standard InChI is InChI=1S/C19H29N3O/c1-20-18(21-13-10-17-9-5-14-23-17)22-15-19(11-6-12-19)16-7-3-2-4-8-16/h2-4,7-8,17H,5-6,9-15H2,1H3,(H2,20,21,22). The number of ether oxygens (including phenoxy) is 1. The maximum Gasteiger partial charge on any atom is 0.191 e. The fourth-order valence-electron chi connectivity index (χ4n) is 3.66. The fourth-order valence-corrected chi connectivity index (χ4v) is 3.66. The van der Waals surface area contributed by atoms with E-state index >= 15 is 0 Å². The zero-order chi connectivity index (χ0) is 16.0. The quantitative estimate of drug-likeness (QED) is 0.627. The van der Waals surface area contributed by atoms with Crippen LogP contribution in [0.4, 0.5) is 0 Å². The molecule has 2 N–H and O–H groups in total. The van der Waals surface area contributed by atoms with Gasteiger partial charge in [0.15, 0.2) is 5.96 Å². The van der Waals surface area contributed by atoms with E-state index in [1.54, 1.807) is 0 Å². The molecule has 0 radical (unpaired) electrons. The predicted molar refractivity (Wildman–Crippen MR) is 94.9 cm³/mol. The highest BCUT2D eigenvalue weighted by Gasteiger charge is 2.38. The normalized spacial score (nSPS) is 23.3. The molecule has 1 unspecified atom stereocenters.